The maximum absolute atomic E-state index is 12.9. The highest BCUT2D eigenvalue weighted by Gasteiger charge is 2.13. The van der Waals surface area contributed by atoms with Crippen LogP contribution in [0.5, 0.6) is 5.75 Å². The van der Waals surface area contributed by atoms with Gasteiger partial charge in [-0.15, -0.1) is 10.2 Å². The molecule has 188 valence electrons. The molecule has 2 aromatic carbocycles. The minimum absolute atomic E-state index is 0.0445. The molecule has 2 aromatic heterocycles. The van der Waals surface area contributed by atoms with E-state index in [9.17, 15) is 9.59 Å². The van der Waals surface area contributed by atoms with Crippen LogP contribution in [0, 0.1) is 6.92 Å². The molecule has 2 heterocycles. The number of aryl methyl sites for hydroxylation is 2. The molecule has 0 saturated heterocycles. The van der Waals surface area contributed by atoms with Gasteiger partial charge in [0.05, 0.1) is 7.11 Å². The minimum Gasteiger partial charge on any atom is -0.497 e. The molecule has 0 aliphatic carbocycles. The maximum atomic E-state index is 12.9. The third-order valence-electron chi connectivity index (χ3n) is 6.14. The van der Waals surface area contributed by atoms with Crippen LogP contribution in [-0.4, -0.2) is 51.8 Å². The summed E-state index contributed by atoms with van der Waals surface area (Å²) in [7, 11) is 1.60. The lowest BCUT2D eigenvalue weighted by Gasteiger charge is -2.23. The van der Waals surface area contributed by atoms with Crippen LogP contribution in [0.15, 0.2) is 65.7 Å². The van der Waals surface area contributed by atoms with Crippen molar-refractivity contribution < 1.29 is 9.53 Å². The SMILES string of the molecule is CCN(CCCNC(=O)CCc1nnc2c(=O)n(-c3ccc(OC)cc3)ccn12)c1cccc(C)c1. The van der Waals surface area contributed by atoms with Crippen molar-refractivity contribution in [2.45, 2.75) is 33.1 Å². The van der Waals surface area contributed by atoms with Gasteiger partial charge in [-0.05, 0) is 62.2 Å². The zero-order chi connectivity index (χ0) is 25.5. The second-order valence-electron chi connectivity index (χ2n) is 8.60. The lowest BCUT2D eigenvalue weighted by molar-refractivity contribution is -0.121. The van der Waals surface area contributed by atoms with Crippen molar-refractivity contribution in [3.05, 3.63) is 82.7 Å². The van der Waals surface area contributed by atoms with Crippen LogP contribution in [-0.2, 0) is 11.2 Å². The van der Waals surface area contributed by atoms with Crippen molar-refractivity contribution in [1.82, 2.24) is 24.5 Å². The number of carbonyl (C=O) groups is 1. The Morgan fingerprint density at radius 2 is 1.92 bits per heavy atom. The summed E-state index contributed by atoms with van der Waals surface area (Å²) < 4.78 is 8.33. The Balaban J connectivity index is 1.30. The van der Waals surface area contributed by atoms with Crippen molar-refractivity contribution in [3.8, 4) is 11.4 Å². The Morgan fingerprint density at radius 3 is 2.64 bits per heavy atom. The molecule has 9 nitrogen and oxygen atoms in total. The Hall–Kier alpha value is -4.14. The van der Waals surface area contributed by atoms with Crippen molar-refractivity contribution in [2.24, 2.45) is 0 Å². The van der Waals surface area contributed by atoms with Gasteiger partial charge in [0.15, 0.2) is 0 Å². The van der Waals surface area contributed by atoms with E-state index in [1.165, 1.54) is 15.8 Å². The van der Waals surface area contributed by atoms with Crippen LogP contribution in [0.1, 0.15) is 31.2 Å². The number of fused-ring (bicyclic) bond motifs is 1. The van der Waals surface area contributed by atoms with E-state index < -0.39 is 0 Å². The summed E-state index contributed by atoms with van der Waals surface area (Å²) in [6.07, 6.45) is 4.95. The van der Waals surface area contributed by atoms with Gasteiger partial charge in [-0.1, -0.05) is 12.1 Å². The molecule has 1 N–H and O–H groups in total. The maximum Gasteiger partial charge on any atom is 0.300 e. The highest BCUT2D eigenvalue weighted by atomic mass is 16.5. The number of hydrogen-bond donors (Lipinski definition) is 1. The lowest BCUT2D eigenvalue weighted by atomic mass is 10.2. The number of hydrogen-bond acceptors (Lipinski definition) is 6. The first-order chi connectivity index (χ1) is 17.5. The summed E-state index contributed by atoms with van der Waals surface area (Å²) in [4.78, 5) is 27.6. The Kier molecular flexibility index (Phi) is 7.99. The number of nitrogens with one attached hydrogen (secondary N) is 1. The molecule has 0 spiro atoms. The molecule has 0 aliphatic heterocycles. The zero-order valence-electron chi connectivity index (χ0n) is 21.0. The van der Waals surface area contributed by atoms with Gasteiger partial charge in [0.2, 0.25) is 11.6 Å². The third-order valence-corrected chi connectivity index (χ3v) is 6.14. The van der Waals surface area contributed by atoms with Crippen molar-refractivity contribution in [2.75, 3.05) is 31.6 Å². The summed E-state index contributed by atoms with van der Waals surface area (Å²) in [5.74, 6) is 1.25. The Labute approximate surface area is 210 Å². The van der Waals surface area contributed by atoms with Crippen molar-refractivity contribution in [3.63, 3.8) is 0 Å². The van der Waals surface area contributed by atoms with Crippen LogP contribution in [0.25, 0.3) is 11.3 Å². The average Bonchev–Trinajstić information content (AvgIpc) is 3.32. The van der Waals surface area contributed by atoms with Crippen LogP contribution in [0.2, 0.25) is 0 Å². The van der Waals surface area contributed by atoms with Crippen LogP contribution in [0.3, 0.4) is 0 Å². The van der Waals surface area contributed by atoms with E-state index in [1.54, 1.807) is 48.2 Å². The lowest BCUT2D eigenvalue weighted by Crippen LogP contribution is -2.30. The summed E-state index contributed by atoms with van der Waals surface area (Å²) in [6.45, 7) is 6.61. The first kappa shape index (κ1) is 25.0. The molecule has 0 aliphatic rings. The molecule has 0 atom stereocenters. The zero-order valence-corrected chi connectivity index (χ0v) is 21.0. The topological polar surface area (TPSA) is 93.8 Å². The van der Waals surface area contributed by atoms with Gasteiger partial charge in [0.25, 0.3) is 0 Å². The molecule has 0 fully saturated rings. The number of aromatic nitrogens is 4. The Morgan fingerprint density at radius 1 is 1.11 bits per heavy atom. The second-order valence-corrected chi connectivity index (χ2v) is 8.60. The van der Waals surface area contributed by atoms with Crippen LogP contribution in [0.4, 0.5) is 5.69 Å². The number of amides is 1. The number of anilines is 1. The first-order valence-electron chi connectivity index (χ1n) is 12.2. The third kappa shape index (κ3) is 5.73. The smallest absolute Gasteiger partial charge is 0.300 e. The summed E-state index contributed by atoms with van der Waals surface area (Å²) >= 11 is 0. The summed E-state index contributed by atoms with van der Waals surface area (Å²) in [5, 5.41) is 11.2. The summed E-state index contributed by atoms with van der Waals surface area (Å²) in [6, 6.07) is 15.6. The fraction of sp³-hybridized carbons (Fsp3) is 0.333. The molecular formula is C27H32N6O3. The normalized spacial score (nSPS) is 11.0. The number of ether oxygens (including phenoxy) is 1. The van der Waals surface area contributed by atoms with Gasteiger partial charge in [0.1, 0.15) is 11.6 Å². The van der Waals surface area contributed by atoms with Crippen molar-refractivity contribution in [1.29, 1.82) is 0 Å². The molecule has 1 amide bonds. The van der Waals surface area contributed by atoms with E-state index in [0.29, 0.717) is 30.2 Å². The van der Waals surface area contributed by atoms with Crippen LogP contribution < -0.4 is 20.5 Å². The molecule has 4 rings (SSSR count). The number of rotatable bonds is 11. The predicted molar refractivity (Wildman–Crippen MR) is 140 cm³/mol. The molecule has 4 aromatic rings. The van der Waals surface area contributed by atoms with E-state index in [0.717, 1.165) is 19.5 Å². The van der Waals surface area contributed by atoms with Gasteiger partial charge in [-0.2, -0.15) is 0 Å². The van der Waals surface area contributed by atoms with Crippen molar-refractivity contribution >= 4 is 17.2 Å². The van der Waals surface area contributed by atoms with E-state index in [2.05, 4.69) is 58.5 Å². The van der Waals surface area contributed by atoms with E-state index >= 15 is 0 Å². The highest BCUT2D eigenvalue weighted by molar-refractivity contribution is 5.76. The molecule has 0 saturated carbocycles. The summed E-state index contributed by atoms with van der Waals surface area (Å²) in [5.41, 5.74) is 3.09. The largest absolute Gasteiger partial charge is 0.497 e. The second kappa shape index (κ2) is 11.5. The minimum atomic E-state index is -0.278. The predicted octanol–water partition coefficient (Wildman–Crippen LogP) is 3.16. The fourth-order valence-corrected chi connectivity index (χ4v) is 4.16. The Bertz CT molecular complexity index is 1380. The monoisotopic (exact) mass is 488 g/mol. The standard InChI is InChI=1S/C27H32N6O3/c1-4-31(22-8-5-7-20(2)19-22)16-6-15-28-25(34)14-13-24-29-30-26-27(35)32(17-18-33(24)26)21-9-11-23(36-3)12-10-21/h5,7-12,17-19H,4,6,13-16H2,1-3H3,(H,28,34). The van der Waals surface area contributed by atoms with E-state index in [1.807, 2.05) is 0 Å². The van der Waals surface area contributed by atoms with Gasteiger partial charge in [0, 0.05) is 56.2 Å². The molecule has 0 unspecified atom stereocenters. The number of nitrogens with zero attached hydrogens (tertiary/aromatic N) is 5. The molecule has 0 radical (unpaired) electrons. The molecule has 0 bridgehead atoms. The van der Waals surface area contributed by atoms with Gasteiger partial charge in [-0.25, -0.2) is 0 Å². The molecule has 9 heteroatoms. The quantitative estimate of drug-likeness (QED) is 0.326. The molecular weight excluding hydrogens is 456 g/mol. The van der Waals surface area contributed by atoms with Gasteiger partial charge in [-0.3, -0.25) is 18.6 Å². The highest BCUT2D eigenvalue weighted by Crippen LogP contribution is 2.16. The average molecular weight is 489 g/mol. The molecule has 36 heavy (non-hydrogen) atoms. The van der Waals surface area contributed by atoms with Gasteiger partial charge < -0.3 is 15.0 Å². The van der Waals surface area contributed by atoms with Gasteiger partial charge >= 0.3 is 5.56 Å². The number of benzene rings is 2. The first-order valence-corrected chi connectivity index (χ1v) is 12.2. The van der Waals surface area contributed by atoms with E-state index in [-0.39, 0.29) is 23.5 Å². The van der Waals surface area contributed by atoms with Crippen LogP contribution >= 0.6 is 0 Å². The fourth-order valence-electron chi connectivity index (χ4n) is 4.16. The van der Waals surface area contributed by atoms with E-state index in [4.69, 9.17) is 4.74 Å². The number of carbonyl (C=O) groups excluding carboxylic acids is 1. The number of methoxy groups -OCH3 is 1.